The molecule has 6 heteroatoms. The van der Waals surface area contributed by atoms with E-state index in [0.717, 1.165) is 5.56 Å². The summed E-state index contributed by atoms with van der Waals surface area (Å²) in [6.45, 7) is 2.54. The molecule has 0 aromatic heterocycles. The number of nitrogens with one attached hydrogen (secondary N) is 1. The summed E-state index contributed by atoms with van der Waals surface area (Å²) in [6.07, 6.45) is -0.677. The van der Waals surface area contributed by atoms with Crippen molar-refractivity contribution in [3.05, 3.63) is 53.1 Å². The van der Waals surface area contributed by atoms with Crippen molar-refractivity contribution in [1.82, 2.24) is 5.32 Å². The third-order valence-electron chi connectivity index (χ3n) is 3.83. The van der Waals surface area contributed by atoms with Gasteiger partial charge in [-0.15, -0.1) is 0 Å². The Balaban J connectivity index is 1.87. The fraction of sp³-hybridized carbons (Fsp3) is 0.368. The average Bonchev–Trinajstić information content (AvgIpc) is 2.64. The van der Waals surface area contributed by atoms with Gasteiger partial charge in [-0.2, -0.15) is 0 Å². The van der Waals surface area contributed by atoms with Crippen molar-refractivity contribution in [2.45, 2.75) is 19.1 Å². The zero-order chi connectivity index (χ0) is 18.2. The molecule has 2 N–H and O–H groups in total. The van der Waals surface area contributed by atoms with Crippen molar-refractivity contribution in [2.24, 2.45) is 0 Å². The highest BCUT2D eigenvalue weighted by Crippen LogP contribution is 2.36. The molecule has 0 aliphatic rings. The van der Waals surface area contributed by atoms with Gasteiger partial charge >= 0.3 is 0 Å². The predicted molar refractivity (Wildman–Crippen MR) is 98.9 cm³/mol. The van der Waals surface area contributed by atoms with Gasteiger partial charge in [0.15, 0.2) is 11.5 Å². The second kappa shape index (κ2) is 9.51. The summed E-state index contributed by atoms with van der Waals surface area (Å²) in [5.41, 5.74) is 1.10. The van der Waals surface area contributed by atoms with E-state index in [2.05, 4.69) is 5.32 Å². The van der Waals surface area contributed by atoms with Crippen molar-refractivity contribution >= 4 is 11.6 Å². The largest absolute Gasteiger partial charge is 0.493 e. The minimum Gasteiger partial charge on any atom is -0.493 e. The number of hydrogen-bond donors (Lipinski definition) is 2. The molecule has 0 heterocycles. The maximum absolute atomic E-state index is 10.2. The lowest BCUT2D eigenvalue weighted by atomic mass is 10.1. The number of para-hydroxylation sites is 1. The van der Waals surface area contributed by atoms with Crippen LogP contribution in [0.5, 0.6) is 17.2 Å². The van der Waals surface area contributed by atoms with E-state index in [-0.39, 0.29) is 12.6 Å². The Hall–Kier alpha value is -1.95. The number of aliphatic hydroxyl groups is 1. The normalized spacial score (nSPS) is 13.2. The Kier molecular flexibility index (Phi) is 7.37. The molecular weight excluding hydrogens is 342 g/mol. The molecule has 0 aliphatic heterocycles. The Morgan fingerprint density at radius 1 is 1.04 bits per heavy atom. The SMILES string of the molecule is COc1cccc(OC)c1OCC(O)CNC(C)c1ccc(Cl)cc1. The first-order valence-corrected chi connectivity index (χ1v) is 8.43. The average molecular weight is 366 g/mol. The van der Waals surface area contributed by atoms with Crippen molar-refractivity contribution in [3.63, 3.8) is 0 Å². The van der Waals surface area contributed by atoms with E-state index in [0.29, 0.717) is 28.8 Å². The molecule has 2 aromatic carbocycles. The van der Waals surface area contributed by atoms with Crippen molar-refractivity contribution in [3.8, 4) is 17.2 Å². The second-order valence-corrected chi connectivity index (χ2v) is 6.07. The van der Waals surface area contributed by atoms with Gasteiger partial charge in [-0.1, -0.05) is 29.8 Å². The first kappa shape index (κ1) is 19.4. The lowest BCUT2D eigenvalue weighted by Crippen LogP contribution is -2.33. The van der Waals surface area contributed by atoms with E-state index in [4.69, 9.17) is 25.8 Å². The number of benzene rings is 2. The molecule has 5 nitrogen and oxygen atoms in total. The Morgan fingerprint density at radius 2 is 1.64 bits per heavy atom. The van der Waals surface area contributed by atoms with E-state index in [1.807, 2.05) is 37.3 Å². The molecule has 2 unspecified atom stereocenters. The van der Waals surface area contributed by atoms with E-state index in [1.165, 1.54) is 0 Å². The van der Waals surface area contributed by atoms with Gasteiger partial charge in [-0.25, -0.2) is 0 Å². The van der Waals surface area contributed by atoms with Crippen LogP contribution in [0, 0.1) is 0 Å². The molecular formula is C19H24ClNO4. The molecule has 2 aromatic rings. The summed E-state index contributed by atoms with van der Waals surface area (Å²) >= 11 is 5.90. The minimum absolute atomic E-state index is 0.0905. The molecule has 0 amide bonds. The molecule has 0 aliphatic carbocycles. The molecule has 136 valence electrons. The van der Waals surface area contributed by atoms with Crippen molar-refractivity contribution in [1.29, 1.82) is 0 Å². The van der Waals surface area contributed by atoms with Gasteiger partial charge in [0.05, 0.1) is 14.2 Å². The lowest BCUT2D eigenvalue weighted by Gasteiger charge is -2.19. The van der Waals surface area contributed by atoms with E-state index >= 15 is 0 Å². The second-order valence-electron chi connectivity index (χ2n) is 5.64. The zero-order valence-electron chi connectivity index (χ0n) is 14.7. The van der Waals surface area contributed by atoms with Crippen LogP contribution in [-0.4, -0.2) is 38.6 Å². The van der Waals surface area contributed by atoms with Gasteiger partial charge < -0.3 is 24.6 Å². The fourth-order valence-electron chi connectivity index (χ4n) is 2.38. The van der Waals surface area contributed by atoms with Gasteiger partial charge in [-0.05, 0) is 36.8 Å². The third kappa shape index (κ3) is 5.53. The van der Waals surface area contributed by atoms with Gasteiger partial charge in [0, 0.05) is 17.6 Å². The lowest BCUT2D eigenvalue weighted by molar-refractivity contribution is 0.100. The highest BCUT2D eigenvalue weighted by atomic mass is 35.5. The number of rotatable bonds is 9. The Bertz CT molecular complexity index is 641. The molecule has 2 rings (SSSR count). The highest BCUT2D eigenvalue weighted by Gasteiger charge is 2.14. The van der Waals surface area contributed by atoms with Crippen LogP contribution in [-0.2, 0) is 0 Å². The number of methoxy groups -OCH3 is 2. The zero-order valence-corrected chi connectivity index (χ0v) is 15.4. The molecule has 0 saturated carbocycles. The summed E-state index contributed by atoms with van der Waals surface area (Å²) in [5.74, 6) is 1.61. The van der Waals surface area contributed by atoms with Gasteiger partial charge in [0.2, 0.25) is 5.75 Å². The quantitative estimate of drug-likeness (QED) is 0.712. The summed E-state index contributed by atoms with van der Waals surface area (Å²) < 4.78 is 16.3. The smallest absolute Gasteiger partial charge is 0.203 e. The minimum atomic E-state index is -0.677. The summed E-state index contributed by atoms with van der Waals surface area (Å²) in [7, 11) is 3.13. The third-order valence-corrected chi connectivity index (χ3v) is 4.08. The molecule has 0 saturated heterocycles. The van der Waals surface area contributed by atoms with E-state index < -0.39 is 6.10 Å². The molecule has 0 fully saturated rings. The van der Waals surface area contributed by atoms with Gasteiger partial charge in [0.1, 0.15) is 12.7 Å². The van der Waals surface area contributed by atoms with E-state index in [1.54, 1.807) is 26.4 Å². The molecule has 0 bridgehead atoms. The van der Waals surface area contributed by atoms with Crippen LogP contribution in [0.25, 0.3) is 0 Å². The molecule has 0 spiro atoms. The maximum Gasteiger partial charge on any atom is 0.203 e. The first-order chi connectivity index (χ1) is 12.0. The number of halogens is 1. The maximum atomic E-state index is 10.2. The number of aliphatic hydroxyl groups excluding tert-OH is 1. The summed E-state index contributed by atoms with van der Waals surface area (Å²) in [6, 6.07) is 13.1. The molecule has 0 radical (unpaired) electrons. The van der Waals surface area contributed by atoms with Gasteiger partial charge in [-0.3, -0.25) is 0 Å². The number of hydrogen-bond acceptors (Lipinski definition) is 5. The van der Waals surface area contributed by atoms with Crippen LogP contribution in [0.4, 0.5) is 0 Å². The van der Waals surface area contributed by atoms with Crippen LogP contribution >= 0.6 is 11.6 Å². The molecule has 25 heavy (non-hydrogen) atoms. The van der Waals surface area contributed by atoms with E-state index in [9.17, 15) is 5.11 Å². The fourth-order valence-corrected chi connectivity index (χ4v) is 2.51. The van der Waals surface area contributed by atoms with Crippen LogP contribution in [0.15, 0.2) is 42.5 Å². The monoisotopic (exact) mass is 365 g/mol. The number of ether oxygens (including phenoxy) is 3. The van der Waals surface area contributed by atoms with Crippen molar-refractivity contribution in [2.75, 3.05) is 27.4 Å². The standard InChI is InChI=1S/C19H24ClNO4/c1-13(14-7-9-15(20)10-8-14)21-11-16(22)12-25-19-17(23-2)5-4-6-18(19)24-3/h4-10,13,16,21-22H,11-12H2,1-3H3. The summed E-state index contributed by atoms with van der Waals surface area (Å²) in [4.78, 5) is 0. The summed E-state index contributed by atoms with van der Waals surface area (Å²) in [5, 5.41) is 14.2. The predicted octanol–water partition coefficient (Wildman–Crippen LogP) is 3.45. The van der Waals surface area contributed by atoms with Crippen LogP contribution in [0.2, 0.25) is 5.02 Å². The van der Waals surface area contributed by atoms with Crippen LogP contribution in [0.3, 0.4) is 0 Å². The van der Waals surface area contributed by atoms with Crippen molar-refractivity contribution < 1.29 is 19.3 Å². The Morgan fingerprint density at radius 3 is 2.20 bits per heavy atom. The van der Waals surface area contributed by atoms with Gasteiger partial charge in [0.25, 0.3) is 0 Å². The Labute approximate surface area is 153 Å². The topological polar surface area (TPSA) is 60.0 Å². The van der Waals surface area contributed by atoms with Crippen LogP contribution in [0.1, 0.15) is 18.5 Å². The van der Waals surface area contributed by atoms with Crippen LogP contribution < -0.4 is 19.5 Å². The molecule has 2 atom stereocenters. The first-order valence-electron chi connectivity index (χ1n) is 8.05. The highest BCUT2D eigenvalue weighted by molar-refractivity contribution is 6.30.